The summed E-state index contributed by atoms with van der Waals surface area (Å²) < 4.78 is 2.42. The molecule has 160 valence electrons. The van der Waals surface area contributed by atoms with Crippen molar-refractivity contribution in [2.45, 2.75) is 66.2 Å². The predicted molar refractivity (Wildman–Crippen MR) is 134 cm³/mol. The molecule has 0 atom stereocenters. The average Bonchev–Trinajstić information content (AvgIpc) is 3.11. The van der Waals surface area contributed by atoms with Crippen molar-refractivity contribution in [3.63, 3.8) is 0 Å². The number of para-hydroxylation sites is 2. The standard InChI is InChI=1S/C29H34N2/c1-18(2)22-16-24(19(3)4)28(25(17-22)20(5)6)31-27-15-11-10-14-26(27)30-29(31)23-13-9-8-12-21(23)7/h8-20H,1-7H3. The molecule has 4 rings (SSSR count). The van der Waals surface area contributed by atoms with Crippen LogP contribution in [0, 0.1) is 6.92 Å². The first kappa shape index (κ1) is 21.4. The van der Waals surface area contributed by atoms with Crippen molar-refractivity contribution in [2.75, 3.05) is 0 Å². The number of rotatable bonds is 5. The van der Waals surface area contributed by atoms with Gasteiger partial charge in [0, 0.05) is 5.56 Å². The maximum atomic E-state index is 5.14. The van der Waals surface area contributed by atoms with E-state index in [9.17, 15) is 0 Å². The Bertz CT molecular complexity index is 1200. The SMILES string of the molecule is Cc1ccccc1-c1nc2ccccc2n1-c1c(C(C)C)cc(C(C)C)cc1C(C)C. The van der Waals surface area contributed by atoms with Crippen LogP contribution in [0.3, 0.4) is 0 Å². The average molecular weight is 411 g/mol. The molecule has 0 spiro atoms. The van der Waals surface area contributed by atoms with Gasteiger partial charge < -0.3 is 0 Å². The first-order chi connectivity index (χ1) is 14.8. The Labute approximate surface area is 187 Å². The predicted octanol–water partition coefficient (Wildman–Crippen LogP) is 8.37. The molecular weight excluding hydrogens is 376 g/mol. The fourth-order valence-electron chi connectivity index (χ4n) is 4.43. The lowest BCUT2D eigenvalue weighted by molar-refractivity contribution is 0.788. The number of hydrogen-bond donors (Lipinski definition) is 0. The minimum atomic E-state index is 0.414. The van der Waals surface area contributed by atoms with Crippen molar-refractivity contribution < 1.29 is 0 Å². The molecule has 0 unspecified atom stereocenters. The Morgan fingerprint density at radius 1 is 0.710 bits per heavy atom. The Kier molecular flexibility index (Phi) is 5.75. The molecule has 2 nitrogen and oxygen atoms in total. The number of hydrogen-bond acceptors (Lipinski definition) is 1. The van der Waals surface area contributed by atoms with Crippen LogP contribution in [0.15, 0.2) is 60.7 Å². The molecule has 0 aliphatic heterocycles. The van der Waals surface area contributed by atoms with Gasteiger partial charge in [-0.3, -0.25) is 4.57 Å². The molecule has 0 radical (unpaired) electrons. The van der Waals surface area contributed by atoms with Crippen LogP contribution < -0.4 is 0 Å². The second-order valence-corrected chi connectivity index (χ2v) is 9.59. The van der Waals surface area contributed by atoms with Crippen LogP contribution in [-0.4, -0.2) is 9.55 Å². The molecule has 0 saturated carbocycles. The normalized spacial score (nSPS) is 11.9. The van der Waals surface area contributed by atoms with Crippen molar-refractivity contribution in [1.82, 2.24) is 9.55 Å². The van der Waals surface area contributed by atoms with E-state index in [1.165, 1.54) is 39.0 Å². The summed E-state index contributed by atoms with van der Waals surface area (Å²) in [5.74, 6) is 2.36. The van der Waals surface area contributed by atoms with Gasteiger partial charge in [0.2, 0.25) is 0 Å². The highest BCUT2D eigenvalue weighted by atomic mass is 15.1. The van der Waals surface area contributed by atoms with E-state index in [-0.39, 0.29) is 0 Å². The van der Waals surface area contributed by atoms with Gasteiger partial charge in [-0.15, -0.1) is 0 Å². The summed E-state index contributed by atoms with van der Waals surface area (Å²) in [7, 11) is 0. The van der Waals surface area contributed by atoms with Gasteiger partial charge >= 0.3 is 0 Å². The molecular formula is C29H34N2. The molecule has 0 aliphatic carbocycles. The fraction of sp³-hybridized carbons (Fsp3) is 0.345. The van der Waals surface area contributed by atoms with Crippen molar-refractivity contribution in [3.8, 4) is 17.1 Å². The highest BCUT2D eigenvalue weighted by molar-refractivity contribution is 5.85. The summed E-state index contributed by atoms with van der Waals surface area (Å²) in [5, 5.41) is 0. The third-order valence-corrected chi connectivity index (χ3v) is 6.27. The van der Waals surface area contributed by atoms with Crippen molar-refractivity contribution in [1.29, 1.82) is 0 Å². The van der Waals surface area contributed by atoms with Gasteiger partial charge in [-0.1, -0.05) is 90.1 Å². The number of fused-ring (bicyclic) bond motifs is 1. The Morgan fingerprint density at radius 3 is 1.87 bits per heavy atom. The van der Waals surface area contributed by atoms with Crippen LogP contribution in [0.4, 0.5) is 0 Å². The van der Waals surface area contributed by atoms with E-state index in [0.29, 0.717) is 17.8 Å². The first-order valence-electron chi connectivity index (χ1n) is 11.5. The summed E-state index contributed by atoms with van der Waals surface area (Å²) in [6.07, 6.45) is 0. The van der Waals surface area contributed by atoms with E-state index < -0.39 is 0 Å². The zero-order valence-electron chi connectivity index (χ0n) is 19.9. The van der Waals surface area contributed by atoms with E-state index >= 15 is 0 Å². The number of aryl methyl sites for hydroxylation is 1. The second-order valence-electron chi connectivity index (χ2n) is 9.59. The van der Waals surface area contributed by atoms with E-state index in [2.05, 4.69) is 114 Å². The molecule has 31 heavy (non-hydrogen) atoms. The van der Waals surface area contributed by atoms with Crippen LogP contribution in [-0.2, 0) is 0 Å². The maximum Gasteiger partial charge on any atom is 0.146 e. The van der Waals surface area contributed by atoms with E-state index in [1.807, 2.05) is 0 Å². The van der Waals surface area contributed by atoms with Gasteiger partial charge in [-0.05, 0) is 59.1 Å². The summed E-state index contributed by atoms with van der Waals surface area (Å²) in [6, 6.07) is 22.0. The molecule has 0 saturated heterocycles. The van der Waals surface area contributed by atoms with Gasteiger partial charge in [0.15, 0.2) is 0 Å². The molecule has 0 aliphatic rings. The zero-order valence-corrected chi connectivity index (χ0v) is 19.9. The van der Waals surface area contributed by atoms with Crippen LogP contribution in [0.1, 0.15) is 81.5 Å². The Morgan fingerprint density at radius 2 is 1.29 bits per heavy atom. The van der Waals surface area contributed by atoms with E-state index in [0.717, 1.165) is 11.3 Å². The molecule has 0 amide bonds. The Hall–Kier alpha value is -2.87. The third kappa shape index (κ3) is 3.80. The van der Waals surface area contributed by atoms with Gasteiger partial charge in [-0.2, -0.15) is 0 Å². The van der Waals surface area contributed by atoms with Crippen molar-refractivity contribution in [2.24, 2.45) is 0 Å². The second kappa shape index (κ2) is 8.34. The molecule has 2 heteroatoms. The molecule has 4 aromatic rings. The number of aromatic nitrogens is 2. The fourth-order valence-corrected chi connectivity index (χ4v) is 4.43. The number of benzene rings is 3. The van der Waals surface area contributed by atoms with Crippen molar-refractivity contribution in [3.05, 3.63) is 82.9 Å². The lowest BCUT2D eigenvalue weighted by Crippen LogP contribution is -2.10. The van der Waals surface area contributed by atoms with Crippen molar-refractivity contribution >= 4 is 11.0 Å². The minimum absolute atomic E-state index is 0.414. The van der Waals surface area contributed by atoms with E-state index in [4.69, 9.17) is 4.98 Å². The summed E-state index contributed by atoms with van der Waals surface area (Å²) in [4.78, 5) is 5.14. The molecule has 3 aromatic carbocycles. The maximum absolute atomic E-state index is 5.14. The number of nitrogens with zero attached hydrogens (tertiary/aromatic N) is 2. The largest absolute Gasteiger partial charge is 0.292 e. The molecule has 1 heterocycles. The summed E-state index contributed by atoms with van der Waals surface area (Å²) in [5.41, 5.74) is 10.2. The van der Waals surface area contributed by atoms with Crippen LogP contribution in [0.5, 0.6) is 0 Å². The van der Waals surface area contributed by atoms with Crippen LogP contribution in [0.25, 0.3) is 28.1 Å². The molecule has 0 bridgehead atoms. The summed E-state index contributed by atoms with van der Waals surface area (Å²) >= 11 is 0. The lowest BCUT2D eigenvalue weighted by atomic mass is 9.87. The lowest BCUT2D eigenvalue weighted by Gasteiger charge is -2.25. The highest BCUT2D eigenvalue weighted by Crippen LogP contribution is 2.39. The van der Waals surface area contributed by atoms with Gasteiger partial charge in [0.1, 0.15) is 5.82 Å². The molecule has 1 aromatic heterocycles. The first-order valence-corrected chi connectivity index (χ1v) is 11.5. The highest BCUT2D eigenvalue weighted by Gasteiger charge is 2.23. The topological polar surface area (TPSA) is 17.8 Å². The van der Waals surface area contributed by atoms with Gasteiger partial charge in [-0.25, -0.2) is 4.98 Å². The third-order valence-electron chi connectivity index (χ3n) is 6.27. The van der Waals surface area contributed by atoms with E-state index in [1.54, 1.807) is 0 Å². The van der Waals surface area contributed by atoms with Gasteiger partial charge in [0.05, 0.1) is 16.7 Å². The van der Waals surface area contributed by atoms with Crippen LogP contribution >= 0.6 is 0 Å². The van der Waals surface area contributed by atoms with Crippen LogP contribution in [0.2, 0.25) is 0 Å². The minimum Gasteiger partial charge on any atom is -0.292 e. The smallest absolute Gasteiger partial charge is 0.146 e. The van der Waals surface area contributed by atoms with Gasteiger partial charge in [0.25, 0.3) is 0 Å². The monoisotopic (exact) mass is 410 g/mol. The quantitative estimate of drug-likeness (QED) is 0.323. The molecule has 0 N–H and O–H groups in total. The molecule has 0 fully saturated rings. The Balaban J connectivity index is 2.17. The summed E-state index contributed by atoms with van der Waals surface area (Å²) in [6.45, 7) is 16.0. The number of imidazole rings is 1. The zero-order chi connectivity index (χ0) is 22.3.